The fourth-order valence-corrected chi connectivity index (χ4v) is 9.53. The highest BCUT2D eigenvalue weighted by atomic mass is 14.2. The van der Waals surface area contributed by atoms with Crippen molar-refractivity contribution in [2.75, 3.05) is 0 Å². The minimum atomic E-state index is 1.22. The molecule has 54 heavy (non-hydrogen) atoms. The summed E-state index contributed by atoms with van der Waals surface area (Å²) in [4.78, 5) is 0. The van der Waals surface area contributed by atoms with Gasteiger partial charge in [0.05, 0.1) is 0 Å². The third kappa shape index (κ3) is 4.20. The van der Waals surface area contributed by atoms with Crippen LogP contribution in [0.1, 0.15) is 0 Å². The number of benzene rings is 12. The first kappa shape index (κ1) is 29.5. The smallest absolute Gasteiger partial charge is 0.00206 e. The van der Waals surface area contributed by atoms with Crippen LogP contribution in [-0.4, -0.2) is 0 Å². The zero-order valence-corrected chi connectivity index (χ0v) is 29.5. The fraction of sp³-hybridized carbons (Fsp3) is 0. The molecule has 0 saturated carbocycles. The van der Waals surface area contributed by atoms with Gasteiger partial charge in [0.25, 0.3) is 0 Å². The van der Waals surface area contributed by atoms with E-state index in [2.05, 4.69) is 194 Å². The van der Waals surface area contributed by atoms with E-state index in [4.69, 9.17) is 0 Å². The van der Waals surface area contributed by atoms with Gasteiger partial charge in [-0.2, -0.15) is 0 Å². The predicted octanol–water partition coefficient (Wildman–Crippen LogP) is 15.3. The molecule has 0 heteroatoms. The Kier molecular flexibility index (Phi) is 6.15. The monoisotopic (exact) mass is 680 g/mol. The van der Waals surface area contributed by atoms with Gasteiger partial charge in [-0.1, -0.05) is 188 Å². The average Bonchev–Trinajstić information content (AvgIpc) is 3.24. The lowest BCUT2D eigenvalue weighted by molar-refractivity contribution is 1.59. The Balaban J connectivity index is 1.09. The Morgan fingerprint density at radius 3 is 1.19 bits per heavy atom. The van der Waals surface area contributed by atoms with Crippen molar-refractivity contribution in [3.63, 3.8) is 0 Å². The summed E-state index contributed by atoms with van der Waals surface area (Å²) in [5.41, 5.74) is 9.96. The van der Waals surface area contributed by atoms with Crippen LogP contribution < -0.4 is 0 Å². The van der Waals surface area contributed by atoms with Crippen molar-refractivity contribution in [2.45, 2.75) is 0 Å². The lowest BCUT2D eigenvalue weighted by atomic mass is 9.84. The van der Waals surface area contributed by atoms with E-state index < -0.39 is 0 Å². The van der Waals surface area contributed by atoms with E-state index in [1.54, 1.807) is 0 Å². The van der Waals surface area contributed by atoms with Crippen LogP contribution in [0.4, 0.5) is 0 Å². The Morgan fingerprint density at radius 2 is 0.593 bits per heavy atom. The van der Waals surface area contributed by atoms with Crippen LogP contribution in [0, 0.1) is 0 Å². The summed E-state index contributed by atoms with van der Waals surface area (Å²) >= 11 is 0. The van der Waals surface area contributed by atoms with Gasteiger partial charge in [0, 0.05) is 0 Å². The highest BCUT2D eigenvalue weighted by Gasteiger charge is 2.19. The normalized spacial score (nSPS) is 12.1. The summed E-state index contributed by atoms with van der Waals surface area (Å²) in [6.45, 7) is 0. The maximum absolute atomic E-state index is 2.44. The molecule has 0 unspecified atom stereocenters. The van der Waals surface area contributed by atoms with Crippen LogP contribution in [0.3, 0.4) is 0 Å². The molecule has 0 heterocycles. The second-order valence-electron chi connectivity index (χ2n) is 14.8. The van der Waals surface area contributed by atoms with Gasteiger partial charge in [0.1, 0.15) is 0 Å². The average molecular weight is 681 g/mol. The molecule has 0 spiro atoms. The van der Waals surface area contributed by atoms with Crippen LogP contribution in [0.25, 0.3) is 120 Å². The van der Waals surface area contributed by atoms with Gasteiger partial charge in [0.15, 0.2) is 0 Å². The summed E-state index contributed by atoms with van der Waals surface area (Å²) in [5.74, 6) is 0. The lowest BCUT2D eigenvalue weighted by Gasteiger charge is -2.19. The molecule has 0 amide bonds. The van der Waals surface area contributed by atoms with Crippen LogP contribution in [0.15, 0.2) is 194 Å². The SMILES string of the molecule is c1ccc(-c2ccc(-c3ccc(-c4ccc5ccc6cccc7ccc4c5c67)c4ccccc34)cc2-c2ccc3ccc4cccc5ccc2c3c45)cc1. The van der Waals surface area contributed by atoms with E-state index in [1.807, 2.05) is 0 Å². The van der Waals surface area contributed by atoms with Crippen molar-refractivity contribution < 1.29 is 0 Å². The third-order valence-corrected chi connectivity index (χ3v) is 12.0. The van der Waals surface area contributed by atoms with Crippen molar-refractivity contribution in [3.8, 4) is 44.5 Å². The van der Waals surface area contributed by atoms with Crippen molar-refractivity contribution in [3.05, 3.63) is 194 Å². The number of hydrogen-bond donors (Lipinski definition) is 0. The van der Waals surface area contributed by atoms with E-state index in [9.17, 15) is 0 Å². The second kappa shape index (κ2) is 11.2. The quantitative estimate of drug-likeness (QED) is 0.162. The molecule has 12 aromatic rings. The van der Waals surface area contributed by atoms with E-state index in [-0.39, 0.29) is 0 Å². The highest BCUT2D eigenvalue weighted by Crippen LogP contribution is 2.46. The van der Waals surface area contributed by atoms with E-state index in [0.29, 0.717) is 0 Å². The summed E-state index contributed by atoms with van der Waals surface area (Å²) in [6, 6.07) is 72.5. The van der Waals surface area contributed by atoms with Crippen molar-refractivity contribution in [1.29, 1.82) is 0 Å². The van der Waals surface area contributed by atoms with E-state index in [0.717, 1.165) is 0 Å². The predicted molar refractivity (Wildman–Crippen MR) is 233 cm³/mol. The molecule has 0 nitrogen and oxygen atoms in total. The largest absolute Gasteiger partial charge is 0.0622 e. The van der Waals surface area contributed by atoms with Gasteiger partial charge in [-0.25, -0.2) is 0 Å². The van der Waals surface area contributed by atoms with E-state index >= 15 is 0 Å². The van der Waals surface area contributed by atoms with E-state index in [1.165, 1.54) is 120 Å². The Morgan fingerprint density at radius 1 is 0.185 bits per heavy atom. The molecule has 0 bridgehead atoms. The molecule has 0 N–H and O–H groups in total. The minimum Gasteiger partial charge on any atom is -0.0622 e. The Bertz CT molecular complexity index is 3390. The molecule has 0 radical (unpaired) electrons. The van der Waals surface area contributed by atoms with Crippen molar-refractivity contribution in [1.82, 2.24) is 0 Å². The zero-order chi connectivity index (χ0) is 35.3. The maximum Gasteiger partial charge on any atom is -0.00206 e. The molecular weight excluding hydrogens is 649 g/mol. The Labute approximate surface area is 312 Å². The van der Waals surface area contributed by atoms with Crippen LogP contribution in [0.2, 0.25) is 0 Å². The van der Waals surface area contributed by atoms with Gasteiger partial charge in [-0.05, 0) is 126 Å². The molecule has 0 fully saturated rings. The molecular formula is C54H32. The molecule has 12 rings (SSSR count). The van der Waals surface area contributed by atoms with Crippen LogP contribution in [-0.2, 0) is 0 Å². The molecule has 0 aliphatic rings. The molecule has 12 aromatic carbocycles. The number of fused-ring (bicyclic) bond motifs is 1. The van der Waals surface area contributed by atoms with Crippen LogP contribution >= 0.6 is 0 Å². The molecule has 0 aromatic heterocycles. The first-order chi connectivity index (χ1) is 26.8. The maximum atomic E-state index is 2.44. The number of hydrogen-bond acceptors (Lipinski definition) is 0. The second-order valence-corrected chi connectivity index (χ2v) is 14.8. The van der Waals surface area contributed by atoms with Gasteiger partial charge >= 0.3 is 0 Å². The summed E-state index contributed by atoms with van der Waals surface area (Å²) in [7, 11) is 0. The molecule has 0 saturated heterocycles. The third-order valence-electron chi connectivity index (χ3n) is 12.0. The first-order valence-electron chi connectivity index (χ1n) is 18.8. The lowest BCUT2D eigenvalue weighted by Crippen LogP contribution is -1.92. The van der Waals surface area contributed by atoms with Crippen LogP contribution in [0.5, 0.6) is 0 Å². The van der Waals surface area contributed by atoms with Gasteiger partial charge in [-0.3, -0.25) is 0 Å². The van der Waals surface area contributed by atoms with Gasteiger partial charge in [-0.15, -0.1) is 0 Å². The minimum absolute atomic E-state index is 1.22. The number of rotatable bonds is 4. The van der Waals surface area contributed by atoms with Crippen molar-refractivity contribution >= 4 is 75.4 Å². The summed E-state index contributed by atoms with van der Waals surface area (Å²) in [5, 5.41) is 18.3. The Hall–Kier alpha value is -7.02. The standard InChI is InChI=1S/C54H32/c1-2-8-33(9-3-1)41-25-24-40(32-50(41)47-27-21-39-19-17-35-11-7-13-37-23-29-49(47)54(39)52(35)37)42-30-31-45(44-15-5-4-14-43(42)44)46-26-20-38-18-16-34-10-6-12-36-22-28-48(46)53(38)51(34)36/h1-32H. The molecule has 248 valence electrons. The molecule has 0 atom stereocenters. The molecule has 0 aliphatic carbocycles. The first-order valence-corrected chi connectivity index (χ1v) is 18.8. The highest BCUT2D eigenvalue weighted by molar-refractivity contribution is 6.27. The fourth-order valence-electron chi connectivity index (χ4n) is 9.53. The van der Waals surface area contributed by atoms with Crippen molar-refractivity contribution in [2.24, 2.45) is 0 Å². The topological polar surface area (TPSA) is 0 Å². The summed E-state index contributed by atoms with van der Waals surface area (Å²) < 4.78 is 0. The van der Waals surface area contributed by atoms with Gasteiger partial charge in [0.2, 0.25) is 0 Å². The zero-order valence-electron chi connectivity index (χ0n) is 29.5. The summed E-state index contributed by atoms with van der Waals surface area (Å²) in [6.07, 6.45) is 0. The molecule has 0 aliphatic heterocycles. The van der Waals surface area contributed by atoms with Gasteiger partial charge < -0.3 is 0 Å².